The Morgan fingerprint density at radius 3 is 2.62 bits per heavy atom. The number of aryl methyl sites for hydroxylation is 1. The number of benzene rings is 2. The van der Waals surface area contributed by atoms with Gasteiger partial charge in [0.05, 0.1) is 11.3 Å². The van der Waals surface area contributed by atoms with Gasteiger partial charge in [-0.1, -0.05) is 18.2 Å². The lowest BCUT2D eigenvalue weighted by atomic mass is 10.2. The second kappa shape index (κ2) is 6.95. The van der Waals surface area contributed by atoms with Crippen LogP contribution in [-0.4, -0.2) is 22.7 Å². The highest BCUT2D eigenvalue weighted by Gasteiger charge is 2.06. The SMILES string of the molecule is Cc1cccc(NC(=O)CSc2cccc(C(=O)O)c2)c1. The van der Waals surface area contributed by atoms with Crippen molar-refractivity contribution in [3.05, 3.63) is 59.7 Å². The van der Waals surface area contributed by atoms with Gasteiger partial charge in [0, 0.05) is 10.6 Å². The van der Waals surface area contributed by atoms with Crippen LogP contribution in [0.3, 0.4) is 0 Å². The fourth-order valence-electron chi connectivity index (χ4n) is 1.79. The second-order valence-electron chi connectivity index (χ2n) is 4.54. The molecule has 21 heavy (non-hydrogen) atoms. The van der Waals surface area contributed by atoms with E-state index >= 15 is 0 Å². The molecule has 2 aromatic carbocycles. The molecule has 0 aliphatic rings. The Labute approximate surface area is 127 Å². The van der Waals surface area contributed by atoms with E-state index in [1.807, 2.05) is 31.2 Å². The van der Waals surface area contributed by atoms with E-state index in [9.17, 15) is 9.59 Å². The van der Waals surface area contributed by atoms with Gasteiger partial charge in [0.15, 0.2) is 0 Å². The molecule has 0 saturated heterocycles. The summed E-state index contributed by atoms with van der Waals surface area (Å²) in [6.45, 7) is 1.96. The number of anilines is 1. The van der Waals surface area contributed by atoms with Crippen LogP contribution in [0.4, 0.5) is 5.69 Å². The van der Waals surface area contributed by atoms with E-state index in [0.717, 1.165) is 16.1 Å². The van der Waals surface area contributed by atoms with Gasteiger partial charge in [-0.05, 0) is 42.8 Å². The largest absolute Gasteiger partial charge is 0.478 e. The minimum absolute atomic E-state index is 0.119. The van der Waals surface area contributed by atoms with Crippen molar-refractivity contribution in [1.82, 2.24) is 0 Å². The zero-order valence-corrected chi connectivity index (χ0v) is 12.3. The number of hydrogen-bond acceptors (Lipinski definition) is 3. The molecule has 0 aromatic heterocycles. The van der Waals surface area contributed by atoms with Crippen molar-refractivity contribution in [2.24, 2.45) is 0 Å². The molecule has 0 heterocycles. The molecule has 5 heteroatoms. The number of nitrogens with one attached hydrogen (secondary N) is 1. The number of aromatic carboxylic acids is 1. The third-order valence-electron chi connectivity index (χ3n) is 2.75. The molecule has 4 nitrogen and oxygen atoms in total. The maximum atomic E-state index is 11.9. The molecule has 1 amide bonds. The Balaban J connectivity index is 1.92. The van der Waals surface area contributed by atoms with Gasteiger partial charge in [-0.15, -0.1) is 11.8 Å². The van der Waals surface area contributed by atoms with Crippen LogP contribution in [0.5, 0.6) is 0 Å². The molecule has 0 fully saturated rings. The van der Waals surface area contributed by atoms with Crippen molar-refractivity contribution in [3.8, 4) is 0 Å². The normalized spacial score (nSPS) is 10.1. The highest BCUT2D eigenvalue weighted by atomic mass is 32.2. The van der Waals surface area contributed by atoms with Gasteiger partial charge < -0.3 is 10.4 Å². The molecule has 2 aromatic rings. The van der Waals surface area contributed by atoms with Gasteiger partial charge in [0.25, 0.3) is 0 Å². The minimum atomic E-state index is -0.971. The van der Waals surface area contributed by atoms with Crippen LogP contribution in [0.1, 0.15) is 15.9 Å². The van der Waals surface area contributed by atoms with E-state index in [1.165, 1.54) is 17.8 Å². The molecule has 0 aliphatic carbocycles. The summed E-state index contributed by atoms with van der Waals surface area (Å²) in [7, 11) is 0. The lowest BCUT2D eigenvalue weighted by Crippen LogP contribution is -2.14. The first-order valence-corrected chi connectivity index (χ1v) is 7.36. The summed E-state index contributed by atoms with van der Waals surface area (Å²) in [5.41, 5.74) is 2.06. The molecule has 0 radical (unpaired) electrons. The highest BCUT2D eigenvalue weighted by molar-refractivity contribution is 8.00. The zero-order chi connectivity index (χ0) is 15.2. The summed E-state index contributed by atoms with van der Waals surface area (Å²) in [5, 5.41) is 11.7. The smallest absolute Gasteiger partial charge is 0.335 e. The van der Waals surface area contributed by atoms with Gasteiger partial charge in [0.2, 0.25) is 5.91 Å². The van der Waals surface area contributed by atoms with Crippen LogP contribution in [0.25, 0.3) is 0 Å². The van der Waals surface area contributed by atoms with Crippen molar-refractivity contribution in [3.63, 3.8) is 0 Å². The lowest BCUT2D eigenvalue weighted by molar-refractivity contribution is -0.113. The average Bonchev–Trinajstić information content (AvgIpc) is 2.45. The van der Waals surface area contributed by atoms with Crippen LogP contribution < -0.4 is 5.32 Å². The van der Waals surface area contributed by atoms with E-state index in [4.69, 9.17) is 5.11 Å². The van der Waals surface area contributed by atoms with E-state index in [2.05, 4.69) is 5.32 Å². The first kappa shape index (κ1) is 15.1. The number of amides is 1. The van der Waals surface area contributed by atoms with Gasteiger partial charge in [-0.25, -0.2) is 4.79 Å². The van der Waals surface area contributed by atoms with Crippen molar-refractivity contribution in [2.75, 3.05) is 11.1 Å². The predicted octanol–water partition coefficient (Wildman–Crippen LogP) is 3.42. The van der Waals surface area contributed by atoms with Crippen LogP contribution in [0.15, 0.2) is 53.4 Å². The summed E-state index contributed by atoms with van der Waals surface area (Å²) >= 11 is 1.31. The Bertz CT molecular complexity index is 670. The maximum absolute atomic E-state index is 11.9. The molecule has 2 N–H and O–H groups in total. The Kier molecular flexibility index (Phi) is 5.00. The summed E-state index contributed by atoms with van der Waals surface area (Å²) in [6, 6.07) is 14.1. The molecular formula is C16H15NO3S. The first-order chi connectivity index (χ1) is 10.0. The van der Waals surface area contributed by atoms with Crippen LogP contribution in [-0.2, 0) is 4.79 Å². The Morgan fingerprint density at radius 2 is 1.90 bits per heavy atom. The van der Waals surface area contributed by atoms with E-state index in [1.54, 1.807) is 18.2 Å². The third kappa shape index (κ3) is 4.65. The standard InChI is InChI=1S/C16H15NO3S/c1-11-4-2-6-13(8-11)17-15(18)10-21-14-7-3-5-12(9-14)16(19)20/h2-9H,10H2,1H3,(H,17,18)(H,19,20). The van der Waals surface area contributed by atoms with Gasteiger partial charge >= 0.3 is 5.97 Å². The van der Waals surface area contributed by atoms with E-state index in [0.29, 0.717) is 0 Å². The number of carbonyl (C=O) groups is 2. The number of carboxylic acids is 1. The fraction of sp³-hybridized carbons (Fsp3) is 0.125. The van der Waals surface area contributed by atoms with Gasteiger partial charge in [0.1, 0.15) is 0 Å². The molecule has 0 bridgehead atoms. The fourth-order valence-corrected chi connectivity index (χ4v) is 2.54. The lowest BCUT2D eigenvalue weighted by Gasteiger charge is -2.06. The molecule has 0 saturated carbocycles. The van der Waals surface area contributed by atoms with Crippen LogP contribution in [0.2, 0.25) is 0 Å². The zero-order valence-electron chi connectivity index (χ0n) is 11.5. The van der Waals surface area contributed by atoms with Crippen molar-refractivity contribution >= 4 is 29.3 Å². The molecule has 0 spiro atoms. The van der Waals surface area contributed by atoms with Crippen molar-refractivity contribution in [2.45, 2.75) is 11.8 Å². The Morgan fingerprint density at radius 1 is 1.14 bits per heavy atom. The van der Waals surface area contributed by atoms with E-state index in [-0.39, 0.29) is 17.2 Å². The monoisotopic (exact) mass is 301 g/mol. The molecular weight excluding hydrogens is 286 g/mol. The van der Waals surface area contributed by atoms with E-state index < -0.39 is 5.97 Å². The number of rotatable bonds is 5. The van der Waals surface area contributed by atoms with Gasteiger partial charge in [-0.2, -0.15) is 0 Å². The molecule has 0 aliphatic heterocycles. The summed E-state index contributed by atoms with van der Waals surface area (Å²) < 4.78 is 0. The van der Waals surface area contributed by atoms with Gasteiger partial charge in [-0.3, -0.25) is 4.79 Å². The molecule has 2 rings (SSSR count). The molecule has 0 unspecified atom stereocenters. The topological polar surface area (TPSA) is 66.4 Å². The third-order valence-corrected chi connectivity index (χ3v) is 3.75. The minimum Gasteiger partial charge on any atom is -0.478 e. The summed E-state index contributed by atoms with van der Waals surface area (Å²) in [6.07, 6.45) is 0. The number of carboxylic acid groups (broad SMARTS) is 1. The number of thioether (sulfide) groups is 1. The average molecular weight is 301 g/mol. The first-order valence-electron chi connectivity index (χ1n) is 6.37. The quantitative estimate of drug-likeness (QED) is 0.830. The summed E-state index contributed by atoms with van der Waals surface area (Å²) in [5.74, 6) is -0.857. The second-order valence-corrected chi connectivity index (χ2v) is 5.59. The van der Waals surface area contributed by atoms with Crippen LogP contribution >= 0.6 is 11.8 Å². The predicted molar refractivity (Wildman–Crippen MR) is 83.9 cm³/mol. The highest BCUT2D eigenvalue weighted by Crippen LogP contribution is 2.20. The number of carbonyl (C=O) groups excluding carboxylic acids is 1. The summed E-state index contributed by atoms with van der Waals surface area (Å²) in [4.78, 5) is 23.5. The van der Waals surface area contributed by atoms with Crippen LogP contribution in [0, 0.1) is 6.92 Å². The van der Waals surface area contributed by atoms with Crippen molar-refractivity contribution < 1.29 is 14.7 Å². The molecule has 108 valence electrons. The maximum Gasteiger partial charge on any atom is 0.335 e. The molecule has 0 atom stereocenters. The number of hydrogen-bond donors (Lipinski definition) is 2. The van der Waals surface area contributed by atoms with Crippen molar-refractivity contribution in [1.29, 1.82) is 0 Å². The Hall–Kier alpha value is -2.27.